The summed E-state index contributed by atoms with van der Waals surface area (Å²) in [7, 11) is 0. The number of imidazole rings is 1. The maximum absolute atomic E-state index is 12.3. The number of aromatic amines is 1. The maximum Gasteiger partial charge on any atom is 0.332 e. The van der Waals surface area contributed by atoms with Gasteiger partial charge in [0.15, 0.2) is 11.3 Å². The van der Waals surface area contributed by atoms with Crippen molar-refractivity contribution in [2.75, 3.05) is 0 Å². The zero-order valence-corrected chi connectivity index (χ0v) is 10.0. The molecule has 1 atom stereocenters. The van der Waals surface area contributed by atoms with Crippen LogP contribution in [0.25, 0.3) is 0 Å². The maximum atomic E-state index is 12.3. The van der Waals surface area contributed by atoms with Gasteiger partial charge >= 0.3 is 5.97 Å². The number of rotatable bonds is 5. The molecular formula is C13H13N3O3. The van der Waals surface area contributed by atoms with Gasteiger partial charge in [0.2, 0.25) is 0 Å². The lowest BCUT2D eigenvalue weighted by Gasteiger charge is -2.22. The smallest absolute Gasteiger partial charge is 0.332 e. The number of nitrogens with zero attached hydrogens (tertiary/aromatic N) is 1. The Hall–Kier alpha value is -2.47. The van der Waals surface area contributed by atoms with Crippen LogP contribution >= 0.6 is 0 Å². The van der Waals surface area contributed by atoms with Crippen molar-refractivity contribution in [3.05, 3.63) is 54.1 Å². The lowest BCUT2D eigenvalue weighted by molar-refractivity contribution is -0.141. The fourth-order valence-electron chi connectivity index (χ4n) is 1.78. The zero-order chi connectivity index (χ0) is 13.9. The molecule has 1 aromatic carbocycles. The predicted molar refractivity (Wildman–Crippen MR) is 67.6 cm³/mol. The van der Waals surface area contributed by atoms with Gasteiger partial charge in [-0.15, -0.1) is 0 Å². The third-order valence-corrected chi connectivity index (χ3v) is 2.85. The molecule has 0 spiro atoms. The van der Waals surface area contributed by atoms with Crippen LogP contribution in [0, 0.1) is 0 Å². The van der Waals surface area contributed by atoms with Crippen LogP contribution in [0.3, 0.4) is 0 Å². The minimum absolute atomic E-state index is 0.143. The highest BCUT2D eigenvalue weighted by molar-refractivity contribution is 6.16. The van der Waals surface area contributed by atoms with E-state index in [9.17, 15) is 14.7 Å². The topological polar surface area (TPSA) is 109 Å². The third-order valence-electron chi connectivity index (χ3n) is 2.85. The molecule has 0 aliphatic heterocycles. The molecule has 2 rings (SSSR count). The van der Waals surface area contributed by atoms with Crippen molar-refractivity contribution in [2.24, 2.45) is 5.73 Å². The lowest BCUT2D eigenvalue weighted by Crippen LogP contribution is -2.56. The Morgan fingerprint density at radius 1 is 1.32 bits per heavy atom. The number of aliphatic carboxylic acids is 1. The van der Waals surface area contributed by atoms with Gasteiger partial charge in [0.1, 0.15) is 0 Å². The van der Waals surface area contributed by atoms with E-state index in [0.29, 0.717) is 5.69 Å². The van der Waals surface area contributed by atoms with E-state index in [1.807, 2.05) is 0 Å². The highest BCUT2D eigenvalue weighted by Gasteiger charge is 2.43. The average Bonchev–Trinajstić information content (AvgIpc) is 2.91. The van der Waals surface area contributed by atoms with Crippen LogP contribution in [0.1, 0.15) is 16.1 Å². The first-order chi connectivity index (χ1) is 9.04. The zero-order valence-electron chi connectivity index (χ0n) is 10.0. The van der Waals surface area contributed by atoms with Crippen LogP contribution < -0.4 is 5.73 Å². The van der Waals surface area contributed by atoms with Gasteiger partial charge in [-0.3, -0.25) is 4.79 Å². The van der Waals surface area contributed by atoms with E-state index in [-0.39, 0.29) is 12.0 Å². The summed E-state index contributed by atoms with van der Waals surface area (Å²) in [6, 6.07) is 8.14. The number of nitrogens with one attached hydrogen (secondary N) is 1. The van der Waals surface area contributed by atoms with E-state index >= 15 is 0 Å². The van der Waals surface area contributed by atoms with Gasteiger partial charge in [0.25, 0.3) is 0 Å². The summed E-state index contributed by atoms with van der Waals surface area (Å²) in [4.78, 5) is 30.2. The van der Waals surface area contributed by atoms with Gasteiger partial charge in [-0.05, 0) is 0 Å². The fourth-order valence-corrected chi connectivity index (χ4v) is 1.78. The Morgan fingerprint density at radius 2 is 2.00 bits per heavy atom. The summed E-state index contributed by atoms with van der Waals surface area (Å²) in [5.41, 5.74) is 4.57. The highest BCUT2D eigenvalue weighted by Crippen LogP contribution is 2.16. The molecule has 6 nitrogen and oxygen atoms in total. The van der Waals surface area contributed by atoms with Crippen molar-refractivity contribution in [2.45, 2.75) is 12.0 Å². The van der Waals surface area contributed by atoms with Crippen molar-refractivity contribution in [1.82, 2.24) is 9.97 Å². The molecule has 0 radical (unpaired) electrons. The molecule has 0 unspecified atom stereocenters. The van der Waals surface area contributed by atoms with Crippen molar-refractivity contribution < 1.29 is 14.7 Å². The minimum atomic E-state index is -2.01. The molecule has 0 saturated heterocycles. The minimum Gasteiger partial charge on any atom is -0.480 e. The van der Waals surface area contributed by atoms with Gasteiger partial charge in [0.05, 0.1) is 6.33 Å². The Labute approximate surface area is 109 Å². The SMILES string of the molecule is N[C@@](Cc1cnc[nH]1)(C(=O)O)C(=O)c1ccccc1. The Kier molecular flexibility index (Phi) is 3.43. The highest BCUT2D eigenvalue weighted by atomic mass is 16.4. The number of hydrogen-bond donors (Lipinski definition) is 3. The molecule has 0 saturated carbocycles. The number of nitrogens with two attached hydrogens (primary N) is 1. The second-order valence-electron chi connectivity index (χ2n) is 4.23. The second-order valence-corrected chi connectivity index (χ2v) is 4.23. The number of carboxylic acids is 1. The number of carbonyl (C=O) groups is 2. The summed E-state index contributed by atoms with van der Waals surface area (Å²) in [6.45, 7) is 0. The fraction of sp³-hybridized carbons (Fsp3) is 0.154. The molecule has 2 aromatic rings. The summed E-state index contributed by atoms with van der Waals surface area (Å²) in [5, 5.41) is 9.28. The van der Waals surface area contributed by atoms with E-state index in [1.54, 1.807) is 30.3 Å². The van der Waals surface area contributed by atoms with Crippen LogP contribution in [0.2, 0.25) is 0 Å². The van der Waals surface area contributed by atoms with Crippen LogP contribution in [0.15, 0.2) is 42.9 Å². The molecule has 1 aromatic heterocycles. The van der Waals surface area contributed by atoms with E-state index < -0.39 is 17.3 Å². The predicted octanol–water partition coefficient (Wildman–Crippen LogP) is 0.617. The van der Waals surface area contributed by atoms with Gasteiger partial charge in [-0.25, -0.2) is 9.78 Å². The van der Waals surface area contributed by atoms with Crippen LogP contribution in [0.5, 0.6) is 0 Å². The number of Topliss-reactive ketones (excluding diaryl/α,β-unsaturated/α-hetero) is 1. The quantitative estimate of drug-likeness (QED) is 0.538. The molecule has 6 heteroatoms. The second kappa shape index (κ2) is 5.03. The molecule has 1 heterocycles. The van der Waals surface area contributed by atoms with Gasteiger partial charge < -0.3 is 15.8 Å². The molecule has 0 bridgehead atoms. The van der Waals surface area contributed by atoms with Crippen LogP contribution in [-0.4, -0.2) is 32.4 Å². The van der Waals surface area contributed by atoms with Crippen molar-refractivity contribution in [1.29, 1.82) is 0 Å². The Morgan fingerprint density at radius 3 is 2.53 bits per heavy atom. The average molecular weight is 259 g/mol. The monoisotopic (exact) mass is 259 g/mol. The summed E-state index contributed by atoms with van der Waals surface area (Å²) in [5.74, 6) is -1.99. The first kappa shape index (κ1) is 13.0. The molecule has 0 aliphatic rings. The molecular weight excluding hydrogens is 246 g/mol. The number of carbonyl (C=O) groups excluding carboxylic acids is 1. The third kappa shape index (κ3) is 2.53. The molecule has 98 valence electrons. The summed E-state index contributed by atoms with van der Waals surface area (Å²) >= 11 is 0. The standard InChI is InChI=1S/C13H13N3O3/c14-13(12(18)19,6-10-7-15-8-16-10)11(17)9-4-2-1-3-5-9/h1-5,7-8H,6,14H2,(H,15,16)(H,18,19)/t13-/m1/s1. The van der Waals surface area contributed by atoms with Gasteiger partial charge in [0, 0.05) is 23.9 Å². The molecule has 0 fully saturated rings. The van der Waals surface area contributed by atoms with Crippen molar-refractivity contribution >= 4 is 11.8 Å². The number of benzene rings is 1. The van der Waals surface area contributed by atoms with Crippen LogP contribution in [0.4, 0.5) is 0 Å². The summed E-state index contributed by atoms with van der Waals surface area (Å²) < 4.78 is 0. The van der Waals surface area contributed by atoms with E-state index in [2.05, 4.69) is 9.97 Å². The van der Waals surface area contributed by atoms with E-state index in [1.165, 1.54) is 12.5 Å². The number of carboxylic acid groups (broad SMARTS) is 1. The van der Waals surface area contributed by atoms with Gasteiger partial charge in [-0.2, -0.15) is 0 Å². The number of H-pyrrole nitrogens is 1. The number of aromatic nitrogens is 2. The molecule has 19 heavy (non-hydrogen) atoms. The lowest BCUT2D eigenvalue weighted by atomic mass is 9.86. The first-order valence-corrected chi connectivity index (χ1v) is 5.63. The number of ketones is 1. The number of hydrogen-bond acceptors (Lipinski definition) is 4. The summed E-state index contributed by atoms with van der Waals surface area (Å²) in [6.07, 6.45) is 2.71. The molecule has 4 N–H and O–H groups in total. The van der Waals surface area contributed by atoms with E-state index in [4.69, 9.17) is 5.73 Å². The van der Waals surface area contributed by atoms with Crippen molar-refractivity contribution in [3.8, 4) is 0 Å². The van der Waals surface area contributed by atoms with Gasteiger partial charge in [-0.1, -0.05) is 30.3 Å². The van der Waals surface area contributed by atoms with Crippen LogP contribution in [-0.2, 0) is 11.2 Å². The molecule has 0 amide bonds. The largest absolute Gasteiger partial charge is 0.480 e. The Bertz CT molecular complexity index is 580. The molecule has 0 aliphatic carbocycles. The first-order valence-electron chi connectivity index (χ1n) is 5.63. The normalized spacial score (nSPS) is 13.7. The van der Waals surface area contributed by atoms with Crippen molar-refractivity contribution in [3.63, 3.8) is 0 Å². The Balaban J connectivity index is 2.34. The van der Waals surface area contributed by atoms with E-state index in [0.717, 1.165) is 0 Å².